The topological polar surface area (TPSA) is 64.5 Å². The van der Waals surface area contributed by atoms with E-state index < -0.39 is 0 Å². The summed E-state index contributed by atoms with van der Waals surface area (Å²) in [5, 5.41) is 21.1. The van der Waals surface area contributed by atoms with Crippen LogP contribution >= 0.6 is 22.6 Å². The van der Waals surface area contributed by atoms with E-state index in [1.807, 2.05) is 12.1 Å². The quantitative estimate of drug-likeness (QED) is 0.606. The molecule has 2 N–H and O–H groups in total. The Labute approximate surface area is 148 Å². The standard InChI is InChI=1S/C18H15IN4/c19-18-15-9-13(5-7-17(15)22-23-18)21-16-3-1-2-12-8-11(10-20)4-6-14(12)16/h4-9,16,21H,1-3H2,(H,22,23). The van der Waals surface area contributed by atoms with Crippen LogP contribution in [0, 0.1) is 15.0 Å². The lowest BCUT2D eigenvalue weighted by atomic mass is 9.86. The SMILES string of the molecule is N#Cc1ccc2c(c1)CCCC2Nc1ccc2[nH]nc(I)c2c1. The van der Waals surface area contributed by atoms with Crippen LogP contribution in [-0.2, 0) is 6.42 Å². The monoisotopic (exact) mass is 414 g/mol. The third-order valence-corrected chi connectivity index (χ3v) is 5.27. The van der Waals surface area contributed by atoms with Crippen LogP contribution in [-0.4, -0.2) is 10.2 Å². The zero-order valence-corrected chi connectivity index (χ0v) is 14.6. The maximum absolute atomic E-state index is 9.07. The summed E-state index contributed by atoms with van der Waals surface area (Å²) in [6.07, 6.45) is 3.31. The van der Waals surface area contributed by atoms with Crippen molar-refractivity contribution in [2.75, 3.05) is 5.32 Å². The first-order chi connectivity index (χ1) is 11.2. The van der Waals surface area contributed by atoms with E-state index in [1.54, 1.807) is 0 Å². The van der Waals surface area contributed by atoms with E-state index >= 15 is 0 Å². The Hall–Kier alpha value is -2.07. The summed E-state index contributed by atoms with van der Waals surface area (Å²) in [5.41, 5.74) is 5.53. The Morgan fingerprint density at radius 3 is 3.04 bits per heavy atom. The number of fused-ring (bicyclic) bond motifs is 2. The summed E-state index contributed by atoms with van der Waals surface area (Å²) < 4.78 is 0.990. The van der Waals surface area contributed by atoms with Crippen LogP contribution < -0.4 is 5.32 Å². The molecule has 0 saturated carbocycles. The number of nitrogens with one attached hydrogen (secondary N) is 2. The number of aryl methyl sites for hydroxylation is 1. The molecule has 2 aromatic carbocycles. The fraction of sp³-hybridized carbons (Fsp3) is 0.222. The first kappa shape index (κ1) is 14.5. The summed E-state index contributed by atoms with van der Waals surface area (Å²) in [6, 6.07) is 14.9. The number of anilines is 1. The highest BCUT2D eigenvalue weighted by Gasteiger charge is 2.20. The van der Waals surface area contributed by atoms with Gasteiger partial charge in [0.15, 0.2) is 0 Å². The normalized spacial score (nSPS) is 16.8. The molecule has 114 valence electrons. The lowest BCUT2D eigenvalue weighted by Gasteiger charge is -2.27. The molecule has 1 aliphatic rings. The number of nitriles is 1. The smallest absolute Gasteiger partial charge is 0.131 e. The lowest BCUT2D eigenvalue weighted by Crippen LogP contribution is -2.17. The van der Waals surface area contributed by atoms with Gasteiger partial charge >= 0.3 is 0 Å². The third-order valence-electron chi connectivity index (χ3n) is 4.44. The number of H-pyrrole nitrogens is 1. The zero-order valence-electron chi connectivity index (χ0n) is 12.4. The largest absolute Gasteiger partial charge is 0.378 e. The number of hydrogen-bond acceptors (Lipinski definition) is 3. The molecule has 23 heavy (non-hydrogen) atoms. The Kier molecular flexibility index (Phi) is 3.69. The molecule has 0 saturated heterocycles. The van der Waals surface area contributed by atoms with Gasteiger partial charge in [-0.3, -0.25) is 5.10 Å². The number of benzene rings is 2. The van der Waals surface area contributed by atoms with Gasteiger partial charge in [0.1, 0.15) is 3.70 Å². The van der Waals surface area contributed by atoms with Crippen molar-refractivity contribution in [2.24, 2.45) is 0 Å². The molecule has 0 aliphatic heterocycles. The van der Waals surface area contributed by atoms with Gasteiger partial charge in [-0.25, -0.2) is 0 Å². The third kappa shape index (κ3) is 2.68. The first-order valence-corrected chi connectivity index (χ1v) is 8.75. The fourth-order valence-electron chi connectivity index (χ4n) is 3.31. The average Bonchev–Trinajstić information content (AvgIpc) is 2.95. The fourth-order valence-corrected chi connectivity index (χ4v) is 3.87. The highest BCUT2D eigenvalue weighted by Crippen LogP contribution is 2.34. The molecule has 0 amide bonds. The highest BCUT2D eigenvalue weighted by atomic mass is 127. The summed E-state index contributed by atoms with van der Waals surface area (Å²) in [6.45, 7) is 0. The molecule has 0 bridgehead atoms. The molecule has 1 heterocycles. The molecule has 5 heteroatoms. The van der Waals surface area contributed by atoms with Gasteiger partial charge in [0.25, 0.3) is 0 Å². The van der Waals surface area contributed by atoms with Crippen molar-refractivity contribution in [3.63, 3.8) is 0 Å². The average molecular weight is 414 g/mol. The van der Waals surface area contributed by atoms with Gasteiger partial charge in [-0.15, -0.1) is 0 Å². The first-order valence-electron chi connectivity index (χ1n) is 7.68. The molecular formula is C18H15IN4. The minimum Gasteiger partial charge on any atom is -0.378 e. The molecule has 0 fully saturated rings. The predicted octanol–water partition coefficient (Wildman–Crippen LogP) is 4.53. The summed E-state index contributed by atoms with van der Waals surface area (Å²) in [5.74, 6) is 0. The second-order valence-corrected chi connectivity index (χ2v) is 6.91. The van der Waals surface area contributed by atoms with Crippen LogP contribution in [0.4, 0.5) is 5.69 Å². The molecule has 4 rings (SSSR count). The maximum Gasteiger partial charge on any atom is 0.131 e. The zero-order chi connectivity index (χ0) is 15.8. The predicted molar refractivity (Wildman–Crippen MR) is 99.3 cm³/mol. The van der Waals surface area contributed by atoms with Crippen molar-refractivity contribution in [3.05, 3.63) is 56.8 Å². The van der Waals surface area contributed by atoms with Crippen LogP contribution in [0.5, 0.6) is 0 Å². The van der Waals surface area contributed by atoms with Crippen molar-refractivity contribution in [2.45, 2.75) is 25.3 Å². The number of nitrogens with zero attached hydrogens (tertiary/aromatic N) is 2. The minimum absolute atomic E-state index is 0.300. The van der Waals surface area contributed by atoms with Crippen molar-refractivity contribution in [3.8, 4) is 6.07 Å². The Bertz CT molecular complexity index is 922. The van der Waals surface area contributed by atoms with Gasteiger partial charge in [-0.05, 0) is 83.3 Å². The van der Waals surface area contributed by atoms with Gasteiger partial charge in [-0.1, -0.05) is 6.07 Å². The number of rotatable bonds is 2. The molecule has 4 nitrogen and oxygen atoms in total. The molecule has 1 unspecified atom stereocenters. The Balaban J connectivity index is 1.66. The van der Waals surface area contributed by atoms with E-state index in [9.17, 15) is 0 Å². The number of halogens is 1. The van der Waals surface area contributed by atoms with Gasteiger partial charge in [0.05, 0.1) is 23.2 Å². The summed E-state index contributed by atoms with van der Waals surface area (Å²) in [4.78, 5) is 0. The molecule has 0 spiro atoms. The molecule has 1 atom stereocenters. The maximum atomic E-state index is 9.07. The molecule has 3 aromatic rings. The van der Waals surface area contributed by atoms with Gasteiger partial charge in [0, 0.05) is 11.1 Å². The summed E-state index contributed by atoms with van der Waals surface area (Å²) in [7, 11) is 0. The minimum atomic E-state index is 0.300. The van der Waals surface area contributed by atoms with Crippen molar-refractivity contribution < 1.29 is 0 Å². The highest BCUT2D eigenvalue weighted by molar-refractivity contribution is 14.1. The molecule has 0 radical (unpaired) electrons. The van der Waals surface area contributed by atoms with Gasteiger partial charge in [-0.2, -0.15) is 10.4 Å². The Morgan fingerprint density at radius 1 is 1.26 bits per heavy atom. The Morgan fingerprint density at radius 2 is 2.17 bits per heavy atom. The second-order valence-electron chi connectivity index (χ2n) is 5.89. The van der Waals surface area contributed by atoms with Crippen molar-refractivity contribution in [1.82, 2.24) is 10.2 Å². The van der Waals surface area contributed by atoms with Gasteiger partial charge < -0.3 is 5.32 Å². The molecule has 1 aliphatic carbocycles. The summed E-state index contributed by atoms with van der Waals surface area (Å²) >= 11 is 2.25. The van der Waals surface area contributed by atoms with Crippen molar-refractivity contribution >= 4 is 39.2 Å². The van der Waals surface area contributed by atoms with Gasteiger partial charge in [0.2, 0.25) is 0 Å². The van der Waals surface area contributed by atoms with Crippen molar-refractivity contribution in [1.29, 1.82) is 5.26 Å². The van der Waals surface area contributed by atoms with E-state index in [1.165, 1.54) is 11.1 Å². The molecular weight excluding hydrogens is 399 g/mol. The van der Waals surface area contributed by atoms with Crippen LogP contribution in [0.3, 0.4) is 0 Å². The lowest BCUT2D eigenvalue weighted by molar-refractivity contribution is 0.600. The van der Waals surface area contributed by atoms with Crippen LogP contribution in [0.25, 0.3) is 10.9 Å². The van der Waals surface area contributed by atoms with Crippen LogP contribution in [0.1, 0.15) is 35.6 Å². The van der Waals surface area contributed by atoms with E-state index in [4.69, 9.17) is 5.26 Å². The van der Waals surface area contributed by atoms with Crippen LogP contribution in [0.2, 0.25) is 0 Å². The van der Waals surface area contributed by atoms with E-state index in [-0.39, 0.29) is 0 Å². The van der Waals surface area contributed by atoms with E-state index in [2.05, 4.69) is 68.4 Å². The molecule has 1 aromatic heterocycles. The van der Waals surface area contributed by atoms with E-state index in [0.717, 1.165) is 45.1 Å². The number of aromatic amines is 1. The van der Waals surface area contributed by atoms with Crippen LogP contribution in [0.15, 0.2) is 36.4 Å². The number of aromatic nitrogens is 2. The number of hydrogen-bond donors (Lipinski definition) is 2. The second kappa shape index (κ2) is 5.85. The van der Waals surface area contributed by atoms with E-state index in [0.29, 0.717) is 6.04 Å².